The summed E-state index contributed by atoms with van der Waals surface area (Å²) in [7, 11) is 0. The molecule has 0 bridgehead atoms. The normalized spacial score (nSPS) is 10.2. The number of halogens is 1. The molecule has 0 unspecified atom stereocenters. The highest BCUT2D eigenvalue weighted by molar-refractivity contribution is 6.17. The number of pyridine rings is 1. The van der Waals surface area contributed by atoms with E-state index in [-0.39, 0.29) is 0 Å². The van der Waals surface area contributed by atoms with Gasteiger partial charge in [-0.2, -0.15) is 0 Å². The minimum Gasteiger partial charge on any atom is -0.492 e. The summed E-state index contributed by atoms with van der Waals surface area (Å²) in [5.74, 6) is 1.53. The average molecular weight is 214 g/mol. The third kappa shape index (κ3) is 3.18. The molecule has 14 heavy (non-hydrogen) atoms. The molecule has 78 valence electrons. The molecule has 0 aliphatic carbocycles. The number of hydrogen-bond donors (Lipinski definition) is 0. The van der Waals surface area contributed by atoms with Gasteiger partial charge in [0.1, 0.15) is 5.75 Å². The Morgan fingerprint density at radius 2 is 2.21 bits per heavy atom. The van der Waals surface area contributed by atoms with Crippen LogP contribution in [-0.4, -0.2) is 17.5 Å². The van der Waals surface area contributed by atoms with Gasteiger partial charge in [0.15, 0.2) is 0 Å². The Balaban J connectivity index is 2.65. The number of aromatic nitrogens is 1. The maximum Gasteiger partial charge on any atom is 0.140 e. The minimum atomic E-state index is 0.640. The smallest absolute Gasteiger partial charge is 0.140 e. The van der Waals surface area contributed by atoms with Gasteiger partial charge in [-0.05, 0) is 31.9 Å². The Morgan fingerprint density at radius 3 is 2.86 bits per heavy atom. The van der Waals surface area contributed by atoms with Crippen LogP contribution in [0.3, 0.4) is 0 Å². The molecule has 0 radical (unpaired) electrons. The van der Waals surface area contributed by atoms with Crippen LogP contribution in [0.25, 0.3) is 0 Å². The molecular formula is C11H16ClNO. The molecule has 0 aliphatic heterocycles. The van der Waals surface area contributed by atoms with Gasteiger partial charge in [0.25, 0.3) is 0 Å². The number of nitrogens with zero attached hydrogens (tertiary/aromatic N) is 1. The van der Waals surface area contributed by atoms with Crippen LogP contribution in [0.4, 0.5) is 0 Å². The summed E-state index contributed by atoms with van der Waals surface area (Å²) in [6.45, 7) is 4.74. The minimum absolute atomic E-state index is 0.640. The molecule has 1 aromatic rings. The molecule has 0 saturated heterocycles. The van der Waals surface area contributed by atoms with E-state index < -0.39 is 0 Å². The quantitative estimate of drug-likeness (QED) is 0.554. The van der Waals surface area contributed by atoms with Crippen LogP contribution in [0.5, 0.6) is 5.75 Å². The maximum absolute atomic E-state index is 5.58. The number of rotatable bonds is 5. The van der Waals surface area contributed by atoms with Gasteiger partial charge in [0, 0.05) is 11.6 Å². The van der Waals surface area contributed by atoms with Crippen LogP contribution in [0, 0.1) is 6.92 Å². The van der Waals surface area contributed by atoms with Crippen molar-refractivity contribution >= 4 is 11.6 Å². The second-order valence-electron chi connectivity index (χ2n) is 3.14. The van der Waals surface area contributed by atoms with Gasteiger partial charge in [-0.3, -0.25) is 4.98 Å². The summed E-state index contributed by atoms with van der Waals surface area (Å²) < 4.78 is 5.58. The fourth-order valence-corrected chi connectivity index (χ4v) is 1.33. The van der Waals surface area contributed by atoms with Crippen molar-refractivity contribution in [2.75, 3.05) is 12.5 Å². The van der Waals surface area contributed by atoms with E-state index in [1.165, 1.54) is 0 Å². The molecule has 0 fully saturated rings. The van der Waals surface area contributed by atoms with E-state index in [0.717, 1.165) is 30.0 Å². The molecule has 2 nitrogen and oxygen atoms in total. The number of ether oxygens (including phenoxy) is 1. The molecular weight excluding hydrogens is 198 g/mol. The van der Waals surface area contributed by atoms with Crippen LogP contribution in [0.15, 0.2) is 12.1 Å². The molecule has 0 aromatic carbocycles. The summed E-state index contributed by atoms with van der Waals surface area (Å²) >= 11 is 5.57. The number of aryl methyl sites for hydroxylation is 2. The van der Waals surface area contributed by atoms with E-state index in [0.29, 0.717) is 12.5 Å². The van der Waals surface area contributed by atoms with Gasteiger partial charge in [-0.1, -0.05) is 6.92 Å². The van der Waals surface area contributed by atoms with E-state index >= 15 is 0 Å². The van der Waals surface area contributed by atoms with E-state index in [9.17, 15) is 0 Å². The van der Waals surface area contributed by atoms with Crippen molar-refractivity contribution in [3.05, 3.63) is 23.5 Å². The summed E-state index contributed by atoms with van der Waals surface area (Å²) in [5, 5.41) is 0. The Morgan fingerprint density at radius 1 is 1.43 bits per heavy atom. The monoisotopic (exact) mass is 213 g/mol. The van der Waals surface area contributed by atoms with Crippen molar-refractivity contribution in [2.24, 2.45) is 0 Å². The van der Waals surface area contributed by atoms with E-state index in [2.05, 4.69) is 11.9 Å². The third-order valence-electron chi connectivity index (χ3n) is 1.94. The molecule has 1 rings (SSSR count). The lowest BCUT2D eigenvalue weighted by Crippen LogP contribution is -2.02. The number of hydrogen-bond acceptors (Lipinski definition) is 2. The second kappa shape index (κ2) is 5.86. The Kier molecular flexibility index (Phi) is 4.74. The predicted molar refractivity (Wildman–Crippen MR) is 59.2 cm³/mol. The lowest BCUT2D eigenvalue weighted by molar-refractivity contribution is 0.313. The zero-order valence-corrected chi connectivity index (χ0v) is 9.47. The highest BCUT2D eigenvalue weighted by Crippen LogP contribution is 2.17. The van der Waals surface area contributed by atoms with Crippen LogP contribution in [0.1, 0.15) is 24.7 Å². The van der Waals surface area contributed by atoms with Crippen molar-refractivity contribution in [3.8, 4) is 5.75 Å². The summed E-state index contributed by atoms with van der Waals surface area (Å²) in [4.78, 5) is 4.41. The second-order valence-corrected chi connectivity index (χ2v) is 3.52. The van der Waals surface area contributed by atoms with Crippen molar-refractivity contribution in [1.82, 2.24) is 4.98 Å². The van der Waals surface area contributed by atoms with Crippen LogP contribution in [-0.2, 0) is 6.42 Å². The SMILES string of the molecule is CCc1nc(C)ccc1OCCCCl. The maximum atomic E-state index is 5.58. The van der Waals surface area contributed by atoms with E-state index in [1.807, 2.05) is 19.1 Å². The third-order valence-corrected chi connectivity index (χ3v) is 2.21. The lowest BCUT2D eigenvalue weighted by atomic mass is 10.2. The summed E-state index contributed by atoms with van der Waals surface area (Å²) in [6, 6.07) is 3.95. The van der Waals surface area contributed by atoms with Crippen molar-refractivity contribution < 1.29 is 4.74 Å². The Labute approximate surface area is 90.3 Å². The largest absolute Gasteiger partial charge is 0.492 e. The molecule has 3 heteroatoms. The van der Waals surface area contributed by atoms with Gasteiger partial charge in [-0.25, -0.2) is 0 Å². The standard InChI is InChI=1S/C11H16ClNO/c1-3-10-11(14-8-4-7-12)6-5-9(2)13-10/h5-6H,3-4,7-8H2,1-2H3. The van der Waals surface area contributed by atoms with Crippen LogP contribution >= 0.6 is 11.6 Å². The van der Waals surface area contributed by atoms with Gasteiger partial charge < -0.3 is 4.74 Å². The molecule has 0 atom stereocenters. The average Bonchev–Trinajstić information content (AvgIpc) is 2.20. The number of alkyl halides is 1. The predicted octanol–water partition coefficient (Wildman–Crippen LogP) is 2.96. The first-order chi connectivity index (χ1) is 6.77. The molecule has 1 heterocycles. The highest BCUT2D eigenvalue weighted by Gasteiger charge is 2.03. The molecule has 0 spiro atoms. The lowest BCUT2D eigenvalue weighted by Gasteiger charge is -2.09. The molecule has 0 amide bonds. The summed E-state index contributed by atoms with van der Waals surface area (Å²) in [6.07, 6.45) is 1.77. The summed E-state index contributed by atoms with van der Waals surface area (Å²) in [5.41, 5.74) is 2.06. The van der Waals surface area contributed by atoms with Crippen molar-refractivity contribution in [2.45, 2.75) is 26.7 Å². The van der Waals surface area contributed by atoms with Crippen molar-refractivity contribution in [3.63, 3.8) is 0 Å². The zero-order chi connectivity index (χ0) is 10.4. The fraction of sp³-hybridized carbons (Fsp3) is 0.545. The van der Waals surface area contributed by atoms with Crippen molar-refractivity contribution in [1.29, 1.82) is 0 Å². The first-order valence-electron chi connectivity index (χ1n) is 4.93. The Hall–Kier alpha value is -0.760. The first-order valence-corrected chi connectivity index (χ1v) is 5.46. The van der Waals surface area contributed by atoms with Crippen LogP contribution < -0.4 is 4.74 Å². The van der Waals surface area contributed by atoms with Gasteiger partial charge >= 0.3 is 0 Å². The first kappa shape index (κ1) is 11.3. The van der Waals surface area contributed by atoms with E-state index in [4.69, 9.17) is 16.3 Å². The highest BCUT2D eigenvalue weighted by atomic mass is 35.5. The molecule has 0 N–H and O–H groups in total. The van der Waals surface area contributed by atoms with Gasteiger partial charge in [-0.15, -0.1) is 11.6 Å². The fourth-order valence-electron chi connectivity index (χ4n) is 1.22. The van der Waals surface area contributed by atoms with E-state index in [1.54, 1.807) is 0 Å². The van der Waals surface area contributed by atoms with Crippen LogP contribution in [0.2, 0.25) is 0 Å². The molecule has 0 saturated carbocycles. The molecule has 1 aromatic heterocycles. The Bertz CT molecular complexity index is 289. The van der Waals surface area contributed by atoms with Gasteiger partial charge in [0.05, 0.1) is 12.3 Å². The topological polar surface area (TPSA) is 22.1 Å². The molecule has 0 aliphatic rings. The van der Waals surface area contributed by atoms with Gasteiger partial charge in [0.2, 0.25) is 0 Å². The zero-order valence-electron chi connectivity index (χ0n) is 8.72.